The quantitative estimate of drug-likeness (QED) is 0.709. The van der Waals surface area contributed by atoms with Gasteiger partial charge in [0.2, 0.25) is 0 Å². The summed E-state index contributed by atoms with van der Waals surface area (Å²) in [5.74, 6) is 2.83. The second-order valence-corrected chi connectivity index (χ2v) is 7.76. The molecule has 5 rings (SSSR count). The lowest BCUT2D eigenvalue weighted by atomic mass is 9.65. The number of hydrogen-bond acceptors (Lipinski definition) is 5. The summed E-state index contributed by atoms with van der Waals surface area (Å²) >= 11 is 0. The molecule has 2 aliphatic rings. The fourth-order valence-electron chi connectivity index (χ4n) is 4.49. The highest BCUT2D eigenvalue weighted by molar-refractivity contribution is 5.69. The van der Waals surface area contributed by atoms with E-state index in [1.165, 1.54) is 12.0 Å². The number of anilines is 1. The molecule has 0 saturated heterocycles. The first-order valence-electron chi connectivity index (χ1n) is 9.19. The normalized spacial score (nSPS) is 21.9. The van der Waals surface area contributed by atoms with Crippen LogP contribution in [0.15, 0.2) is 53.4 Å². The van der Waals surface area contributed by atoms with Crippen molar-refractivity contribution >= 4 is 5.69 Å². The largest absolute Gasteiger partial charge is 0.496 e. The zero-order valence-electron chi connectivity index (χ0n) is 15.7. The van der Waals surface area contributed by atoms with Gasteiger partial charge in [0.05, 0.1) is 31.5 Å². The topological polar surface area (TPSA) is 56.5 Å². The fraction of sp³-hybridized carbons (Fsp3) is 0.318. The summed E-state index contributed by atoms with van der Waals surface area (Å²) in [4.78, 5) is 4.04. The standard InChI is InChI=1S/C22H22N2O3/c1-22(2)14-9-13(19-10-23-12-27-19)7-8-16(14)24-21-15(22)11-26-18-6-4-5-17(25-3)20(18)21/h4-10,12,15,21,24H,11H2,1-3H3/t15-,21-/m0/s1. The molecule has 0 bridgehead atoms. The Balaban J connectivity index is 1.64. The molecule has 0 unspecified atom stereocenters. The highest BCUT2D eigenvalue weighted by Crippen LogP contribution is 2.54. The van der Waals surface area contributed by atoms with Crippen molar-refractivity contribution < 1.29 is 13.9 Å². The van der Waals surface area contributed by atoms with E-state index in [-0.39, 0.29) is 17.4 Å². The zero-order valence-corrected chi connectivity index (χ0v) is 15.7. The minimum absolute atomic E-state index is 0.0835. The third-order valence-electron chi connectivity index (χ3n) is 6.05. The van der Waals surface area contributed by atoms with Gasteiger partial charge in [-0.1, -0.05) is 19.9 Å². The average Bonchev–Trinajstić information content (AvgIpc) is 3.22. The van der Waals surface area contributed by atoms with Gasteiger partial charge in [0.25, 0.3) is 0 Å². The van der Waals surface area contributed by atoms with Crippen molar-refractivity contribution in [1.29, 1.82) is 0 Å². The second-order valence-electron chi connectivity index (χ2n) is 7.76. The van der Waals surface area contributed by atoms with E-state index in [2.05, 4.69) is 42.3 Å². The van der Waals surface area contributed by atoms with E-state index in [1.54, 1.807) is 13.3 Å². The van der Waals surface area contributed by atoms with Crippen LogP contribution in [0.1, 0.15) is 31.0 Å². The van der Waals surface area contributed by atoms with Crippen molar-refractivity contribution in [2.45, 2.75) is 25.3 Å². The van der Waals surface area contributed by atoms with Crippen molar-refractivity contribution in [3.63, 3.8) is 0 Å². The van der Waals surface area contributed by atoms with Crippen LogP contribution in [0.4, 0.5) is 5.69 Å². The van der Waals surface area contributed by atoms with E-state index in [0.29, 0.717) is 6.61 Å². The molecule has 138 valence electrons. The van der Waals surface area contributed by atoms with Crippen molar-refractivity contribution in [1.82, 2.24) is 4.98 Å². The first kappa shape index (κ1) is 16.2. The number of oxazole rings is 1. The number of aromatic nitrogens is 1. The molecule has 2 aromatic carbocycles. The van der Waals surface area contributed by atoms with Gasteiger partial charge in [-0.3, -0.25) is 0 Å². The summed E-state index contributed by atoms with van der Waals surface area (Å²) in [7, 11) is 1.71. The molecule has 2 aliphatic heterocycles. The van der Waals surface area contributed by atoms with Gasteiger partial charge in [-0.05, 0) is 35.9 Å². The number of fused-ring (bicyclic) bond motifs is 4. The van der Waals surface area contributed by atoms with Crippen LogP contribution in [-0.4, -0.2) is 18.7 Å². The molecule has 5 heteroatoms. The highest BCUT2D eigenvalue weighted by Gasteiger charge is 2.47. The third kappa shape index (κ3) is 2.34. The summed E-state index contributed by atoms with van der Waals surface area (Å²) in [6, 6.07) is 12.6. The molecule has 0 spiro atoms. The van der Waals surface area contributed by atoms with Gasteiger partial charge in [0.15, 0.2) is 12.2 Å². The molecule has 27 heavy (non-hydrogen) atoms. The predicted molar refractivity (Wildman–Crippen MR) is 103 cm³/mol. The average molecular weight is 362 g/mol. The van der Waals surface area contributed by atoms with Crippen LogP contribution < -0.4 is 14.8 Å². The number of nitrogens with zero attached hydrogens (tertiary/aromatic N) is 1. The molecule has 0 saturated carbocycles. The Morgan fingerprint density at radius 3 is 2.89 bits per heavy atom. The first-order chi connectivity index (χ1) is 13.1. The van der Waals surface area contributed by atoms with Crippen LogP contribution in [0.25, 0.3) is 11.3 Å². The van der Waals surface area contributed by atoms with Gasteiger partial charge >= 0.3 is 0 Å². The zero-order chi connectivity index (χ0) is 18.6. The van der Waals surface area contributed by atoms with Gasteiger partial charge in [0, 0.05) is 22.6 Å². The number of hydrogen-bond donors (Lipinski definition) is 1. The molecule has 0 aliphatic carbocycles. The van der Waals surface area contributed by atoms with Crippen LogP contribution in [0.5, 0.6) is 11.5 Å². The van der Waals surface area contributed by atoms with Crippen LogP contribution in [-0.2, 0) is 5.41 Å². The molecule has 0 amide bonds. The van der Waals surface area contributed by atoms with E-state index in [1.807, 2.05) is 18.2 Å². The Morgan fingerprint density at radius 1 is 1.22 bits per heavy atom. The molecule has 0 fully saturated rings. The van der Waals surface area contributed by atoms with Gasteiger partial charge in [0.1, 0.15) is 11.5 Å². The molecule has 0 radical (unpaired) electrons. The maximum absolute atomic E-state index is 6.14. The summed E-state index contributed by atoms with van der Waals surface area (Å²) in [6.45, 7) is 5.24. The number of ether oxygens (including phenoxy) is 2. The summed E-state index contributed by atoms with van der Waals surface area (Å²) in [5, 5.41) is 3.75. The van der Waals surface area contributed by atoms with Crippen LogP contribution in [0.3, 0.4) is 0 Å². The first-order valence-corrected chi connectivity index (χ1v) is 9.19. The van der Waals surface area contributed by atoms with Crippen molar-refractivity contribution in [2.24, 2.45) is 5.92 Å². The Hall–Kier alpha value is -2.95. The van der Waals surface area contributed by atoms with Crippen LogP contribution >= 0.6 is 0 Å². The predicted octanol–water partition coefficient (Wildman–Crippen LogP) is 4.80. The minimum atomic E-state index is -0.0835. The van der Waals surface area contributed by atoms with E-state index < -0.39 is 0 Å². The number of nitrogens with one attached hydrogen (secondary N) is 1. The molecular formula is C22H22N2O3. The smallest absolute Gasteiger partial charge is 0.181 e. The number of methoxy groups -OCH3 is 1. The van der Waals surface area contributed by atoms with E-state index in [4.69, 9.17) is 13.9 Å². The molecule has 2 atom stereocenters. The van der Waals surface area contributed by atoms with Gasteiger partial charge in [-0.25, -0.2) is 4.98 Å². The van der Waals surface area contributed by atoms with Crippen LogP contribution in [0, 0.1) is 5.92 Å². The van der Waals surface area contributed by atoms with Crippen molar-refractivity contribution in [3.05, 3.63) is 60.1 Å². The lowest BCUT2D eigenvalue weighted by Crippen LogP contribution is -2.46. The molecule has 1 N–H and O–H groups in total. The van der Waals surface area contributed by atoms with E-state index in [9.17, 15) is 0 Å². The molecule has 3 aromatic rings. The van der Waals surface area contributed by atoms with Crippen LogP contribution in [0.2, 0.25) is 0 Å². The Morgan fingerprint density at radius 2 is 2.11 bits per heavy atom. The molecule has 1 aromatic heterocycles. The summed E-state index contributed by atoms with van der Waals surface area (Å²) in [5.41, 5.74) is 4.46. The summed E-state index contributed by atoms with van der Waals surface area (Å²) < 4.78 is 17.3. The molecular weight excluding hydrogens is 340 g/mol. The Labute approximate surface area is 158 Å². The van der Waals surface area contributed by atoms with Gasteiger partial charge < -0.3 is 19.2 Å². The lowest BCUT2D eigenvalue weighted by Gasteiger charge is -2.48. The molecule has 3 heterocycles. The van der Waals surface area contributed by atoms with E-state index in [0.717, 1.165) is 34.1 Å². The maximum Gasteiger partial charge on any atom is 0.181 e. The highest BCUT2D eigenvalue weighted by atomic mass is 16.5. The van der Waals surface area contributed by atoms with E-state index >= 15 is 0 Å². The molecule has 5 nitrogen and oxygen atoms in total. The van der Waals surface area contributed by atoms with Gasteiger partial charge in [-0.2, -0.15) is 0 Å². The van der Waals surface area contributed by atoms with Crippen molar-refractivity contribution in [3.8, 4) is 22.8 Å². The summed E-state index contributed by atoms with van der Waals surface area (Å²) in [6.07, 6.45) is 3.21. The Bertz CT molecular complexity index is 981. The fourth-order valence-corrected chi connectivity index (χ4v) is 4.49. The minimum Gasteiger partial charge on any atom is -0.496 e. The SMILES string of the molecule is COc1cccc2c1[C@H]1Nc3ccc(-c4cnco4)cc3C(C)(C)[C@H]1CO2. The second kappa shape index (κ2) is 5.78. The Kier molecular flexibility index (Phi) is 3.47. The third-order valence-corrected chi connectivity index (χ3v) is 6.05. The maximum atomic E-state index is 6.14. The van der Waals surface area contributed by atoms with Gasteiger partial charge in [-0.15, -0.1) is 0 Å². The number of rotatable bonds is 2. The monoisotopic (exact) mass is 362 g/mol. The van der Waals surface area contributed by atoms with Crippen molar-refractivity contribution in [2.75, 3.05) is 19.0 Å². The number of benzene rings is 2. The lowest BCUT2D eigenvalue weighted by molar-refractivity contribution is 0.133.